The number of hydrogen-bond acceptors (Lipinski definition) is 6. The van der Waals surface area contributed by atoms with E-state index in [9.17, 15) is 4.79 Å². The van der Waals surface area contributed by atoms with Gasteiger partial charge in [-0.25, -0.2) is 4.68 Å². The molecule has 0 radical (unpaired) electrons. The molecule has 3 N–H and O–H groups in total. The van der Waals surface area contributed by atoms with Crippen molar-refractivity contribution in [2.45, 2.75) is 17.3 Å². The van der Waals surface area contributed by atoms with Crippen LogP contribution in [0.4, 0.5) is 5.69 Å². The lowest BCUT2D eigenvalue weighted by molar-refractivity contribution is -0.115. The molecule has 0 spiro atoms. The Bertz CT molecular complexity index is 934. The first-order chi connectivity index (χ1) is 12.5. The van der Waals surface area contributed by atoms with Crippen LogP contribution >= 0.6 is 35.0 Å². The summed E-state index contributed by atoms with van der Waals surface area (Å²) in [6.07, 6.45) is 3.30. The van der Waals surface area contributed by atoms with Crippen LogP contribution in [0.1, 0.15) is 6.92 Å². The zero-order chi connectivity index (χ0) is 18.7. The monoisotopic (exact) mass is 408 g/mol. The molecule has 0 fully saturated rings. The Kier molecular flexibility index (Phi) is 5.65. The summed E-state index contributed by atoms with van der Waals surface area (Å²) < 4.78 is 1.33. The number of rotatable bonds is 5. The van der Waals surface area contributed by atoms with Crippen LogP contribution in [0.2, 0.25) is 10.0 Å². The first-order valence-corrected chi connectivity index (χ1v) is 9.12. The first kappa shape index (κ1) is 18.5. The molecule has 0 saturated carbocycles. The lowest BCUT2D eigenvalue weighted by Crippen LogP contribution is -2.23. The van der Waals surface area contributed by atoms with Gasteiger partial charge in [0, 0.05) is 23.0 Å². The molecular formula is C16H14Cl2N6OS. The average Bonchev–Trinajstić information content (AvgIpc) is 2.98. The molecule has 134 valence electrons. The third-order valence-corrected chi connectivity index (χ3v) is 5.03. The number of halogens is 2. The smallest absolute Gasteiger partial charge is 0.237 e. The molecule has 0 aliphatic heterocycles. The zero-order valence-corrected chi connectivity index (χ0v) is 15.9. The predicted molar refractivity (Wildman–Crippen MR) is 104 cm³/mol. The number of hydrogen-bond donors (Lipinski definition) is 2. The second-order valence-electron chi connectivity index (χ2n) is 5.29. The van der Waals surface area contributed by atoms with E-state index in [0.29, 0.717) is 26.7 Å². The molecule has 3 aromatic rings. The Morgan fingerprint density at radius 1 is 1.31 bits per heavy atom. The second kappa shape index (κ2) is 7.94. The third kappa shape index (κ3) is 4.09. The number of carbonyl (C=O) groups is 1. The minimum Gasteiger partial charge on any atom is -0.335 e. The number of aromatic nitrogens is 4. The number of nitrogens with zero attached hydrogens (tertiary/aromatic N) is 4. The van der Waals surface area contributed by atoms with Gasteiger partial charge in [-0.3, -0.25) is 9.78 Å². The van der Waals surface area contributed by atoms with Crippen LogP contribution in [-0.2, 0) is 4.79 Å². The van der Waals surface area contributed by atoms with Crippen LogP contribution in [0.25, 0.3) is 11.4 Å². The van der Waals surface area contributed by atoms with Crippen molar-refractivity contribution in [3.05, 3.63) is 52.8 Å². The van der Waals surface area contributed by atoms with Crippen molar-refractivity contribution in [1.82, 2.24) is 19.9 Å². The van der Waals surface area contributed by atoms with Crippen molar-refractivity contribution in [2.75, 3.05) is 11.2 Å². The van der Waals surface area contributed by atoms with Gasteiger partial charge in [-0.05, 0) is 37.3 Å². The van der Waals surface area contributed by atoms with Gasteiger partial charge in [-0.15, -0.1) is 10.2 Å². The number of nitrogens with one attached hydrogen (secondary N) is 1. The fourth-order valence-corrected chi connectivity index (χ4v) is 3.31. The number of thioether (sulfide) groups is 1. The molecule has 1 atom stereocenters. The van der Waals surface area contributed by atoms with E-state index in [4.69, 9.17) is 29.0 Å². The lowest BCUT2D eigenvalue weighted by Gasteiger charge is -2.12. The largest absolute Gasteiger partial charge is 0.335 e. The van der Waals surface area contributed by atoms with Crippen molar-refractivity contribution in [1.29, 1.82) is 0 Å². The molecule has 26 heavy (non-hydrogen) atoms. The van der Waals surface area contributed by atoms with Gasteiger partial charge in [0.05, 0.1) is 16.0 Å². The van der Waals surface area contributed by atoms with Gasteiger partial charge in [-0.2, -0.15) is 0 Å². The highest BCUT2D eigenvalue weighted by Gasteiger charge is 2.20. The van der Waals surface area contributed by atoms with Gasteiger partial charge in [-0.1, -0.05) is 35.0 Å². The summed E-state index contributed by atoms with van der Waals surface area (Å²) in [6.45, 7) is 1.74. The summed E-state index contributed by atoms with van der Waals surface area (Å²) >= 11 is 13.1. The molecule has 0 aliphatic rings. The van der Waals surface area contributed by atoms with Crippen LogP contribution in [0.3, 0.4) is 0 Å². The minimum atomic E-state index is -0.477. The van der Waals surface area contributed by atoms with Gasteiger partial charge in [0.1, 0.15) is 0 Å². The topological polar surface area (TPSA) is 98.7 Å². The van der Waals surface area contributed by atoms with E-state index in [1.807, 2.05) is 6.07 Å². The number of carbonyl (C=O) groups excluding carboxylic acids is 1. The maximum atomic E-state index is 12.4. The van der Waals surface area contributed by atoms with Crippen molar-refractivity contribution >= 4 is 46.6 Å². The SMILES string of the molecule is C[C@H](Sc1nnc(-c2cccnc2)n1N)C(=O)Nc1ccc(Cl)cc1Cl. The Hall–Kier alpha value is -2.29. The van der Waals surface area contributed by atoms with Crippen LogP contribution in [0.5, 0.6) is 0 Å². The Balaban J connectivity index is 1.71. The normalized spacial score (nSPS) is 12.0. The van der Waals surface area contributed by atoms with Gasteiger partial charge >= 0.3 is 0 Å². The molecule has 1 aromatic carbocycles. The highest BCUT2D eigenvalue weighted by molar-refractivity contribution is 8.00. The predicted octanol–water partition coefficient (Wildman–Crippen LogP) is 3.48. The fourth-order valence-electron chi connectivity index (χ4n) is 2.09. The van der Waals surface area contributed by atoms with Crippen LogP contribution in [0.15, 0.2) is 47.9 Å². The van der Waals surface area contributed by atoms with E-state index >= 15 is 0 Å². The van der Waals surface area contributed by atoms with E-state index in [1.165, 1.54) is 16.4 Å². The number of nitrogens with two attached hydrogens (primary N) is 1. The Morgan fingerprint density at radius 3 is 2.81 bits per heavy atom. The molecule has 2 heterocycles. The number of nitrogen functional groups attached to an aromatic ring is 1. The second-order valence-corrected chi connectivity index (χ2v) is 7.44. The van der Waals surface area contributed by atoms with Crippen molar-refractivity contribution in [3.63, 3.8) is 0 Å². The quantitative estimate of drug-likeness (QED) is 0.495. The summed E-state index contributed by atoms with van der Waals surface area (Å²) in [4.78, 5) is 16.4. The molecule has 3 rings (SSSR count). The van der Waals surface area contributed by atoms with E-state index in [2.05, 4.69) is 20.5 Å². The van der Waals surface area contributed by atoms with Gasteiger partial charge in [0.25, 0.3) is 0 Å². The van der Waals surface area contributed by atoms with Crippen molar-refractivity contribution < 1.29 is 4.79 Å². The Morgan fingerprint density at radius 2 is 2.12 bits per heavy atom. The van der Waals surface area contributed by atoms with Crippen LogP contribution < -0.4 is 11.2 Å². The molecular weight excluding hydrogens is 395 g/mol. The van der Waals surface area contributed by atoms with Crippen molar-refractivity contribution in [3.8, 4) is 11.4 Å². The highest BCUT2D eigenvalue weighted by Crippen LogP contribution is 2.28. The molecule has 0 aliphatic carbocycles. The van der Waals surface area contributed by atoms with E-state index in [1.54, 1.807) is 43.6 Å². The number of anilines is 1. The van der Waals surface area contributed by atoms with Crippen molar-refractivity contribution in [2.24, 2.45) is 0 Å². The first-order valence-electron chi connectivity index (χ1n) is 7.49. The maximum absolute atomic E-state index is 12.4. The standard InChI is InChI=1S/C16H14Cl2N6OS/c1-9(15(25)21-13-5-4-11(17)7-12(13)18)26-16-23-22-14(24(16)19)10-3-2-6-20-8-10/h2-9H,19H2,1H3,(H,21,25)/t9-/m0/s1. The fraction of sp³-hybridized carbons (Fsp3) is 0.125. The zero-order valence-electron chi connectivity index (χ0n) is 13.6. The van der Waals surface area contributed by atoms with Crippen LogP contribution in [-0.4, -0.2) is 31.0 Å². The molecule has 0 unspecified atom stereocenters. The number of benzene rings is 1. The molecule has 10 heteroatoms. The molecule has 7 nitrogen and oxygen atoms in total. The lowest BCUT2D eigenvalue weighted by atomic mass is 10.3. The highest BCUT2D eigenvalue weighted by atomic mass is 35.5. The average molecular weight is 409 g/mol. The molecule has 0 saturated heterocycles. The number of pyridine rings is 1. The van der Waals surface area contributed by atoms with Crippen LogP contribution in [0, 0.1) is 0 Å². The Labute approximate surface area is 163 Å². The maximum Gasteiger partial charge on any atom is 0.237 e. The van der Waals surface area contributed by atoms with Gasteiger partial charge in [0.2, 0.25) is 11.1 Å². The summed E-state index contributed by atoms with van der Waals surface area (Å²) in [6, 6.07) is 8.47. The molecule has 2 aromatic heterocycles. The summed E-state index contributed by atoms with van der Waals surface area (Å²) in [7, 11) is 0. The number of amides is 1. The summed E-state index contributed by atoms with van der Waals surface area (Å²) in [5.74, 6) is 6.27. The van der Waals surface area contributed by atoms with E-state index in [0.717, 1.165) is 5.56 Å². The summed E-state index contributed by atoms with van der Waals surface area (Å²) in [5, 5.41) is 11.7. The molecule has 1 amide bonds. The van der Waals surface area contributed by atoms with E-state index in [-0.39, 0.29) is 5.91 Å². The minimum absolute atomic E-state index is 0.245. The van der Waals surface area contributed by atoms with E-state index < -0.39 is 5.25 Å². The molecule has 0 bridgehead atoms. The van der Waals surface area contributed by atoms with Gasteiger partial charge in [0.15, 0.2) is 5.82 Å². The third-order valence-electron chi connectivity index (χ3n) is 3.42. The van der Waals surface area contributed by atoms with Gasteiger partial charge < -0.3 is 11.2 Å². The summed E-state index contributed by atoms with van der Waals surface area (Å²) in [5.41, 5.74) is 1.22.